The van der Waals surface area contributed by atoms with Crippen LogP contribution in [0, 0.1) is 0 Å². The molecule has 0 fully saturated rings. The van der Waals surface area contributed by atoms with Gasteiger partial charge in [-0.05, 0) is 39.3 Å². The van der Waals surface area contributed by atoms with E-state index in [0.717, 1.165) is 11.4 Å². The monoisotopic (exact) mass is 450 g/mol. The van der Waals surface area contributed by atoms with Crippen molar-refractivity contribution in [3.63, 3.8) is 0 Å². The fourth-order valence-corrected chi connectivity index (χ4v) is 1.67. The van der Waals surface area contributed by atoms with Gasteiger partial charge in [0.2, 0.25) is 0 Å². The quantitative estimate of drug-likeness (QED) is 0.268. The fourth-order valence-electron chi connectivity index (χ4n) is 1.67. The van der Waals surface area contributed by atoms with E-state index in [9.17, 15) is 4.79 Å². The summed E-state index contributed by atoms with van der Waals surface area (Å²) in [4.78, 5) is 15.6. The number of nitrogens with one attached hydrogen (secondary N) is 2. The molecule has 0 saturated heterocycles. The van der Waals surface area contributed by atoms with E-state index in [2.05, 4.69) is 15.6 Å². The van der Waals surface area contributed by atoms with Crippen LogP contribution in [0.1, 0.15) is 27.2 Å². The van der Waals surface area contributed by atoms with E-state index in [4.69, 9.17) is 15.2 Å². The molecule has 136 valence electrons. The van der Waals surface area contributed by atoms with Crippen molar-refractivity contribution >= 4 is 41.7 Å². The lowest BCUT2D eigenvalue weighted by molar-refractivity contribution is 0.0527. The molecule has 1 aromatic rings. The summed E-state index contributed by atoms with van der Waals surface area (Å²) in [5.74, 6) is 1.06. The molecule has 0 bridgehead atoms. The van der Waals surface area contributed by atoms with Crippen molar-refractivity contribution in [1.29, 1.82) is 0 Å². The number of hydrogen-bond donors (Lipinski definition) is 3. The van der Waals surface area contributed by atoms with Gasteiger partial charge >= 0.3 is 6.09 Å². The first-order valence-corrected chi connectivity index (χ1v) is 7.48. The number of methoxy groups -OCH3 is 1. The second kappa shape index (κ2) is 11.0. The Hall–Kier alpha value is -1.71. The molecule has 8 heteroatoms. The Morgan fingerprint density at radius 3 is 2.67 bits per heavy atom. The molecule has 0 aromatic heterocycles. The predicted molar refractivity (Wildman–Crippen MR) is 107 cm³/mol. The number of anilines is 1. The number of nitrogens with two attached hydrogens (primary N) is 1. The second-order valence-electron chi connectivity index (χ2n) is 5.91. The largest absolute Gasteiger partial charge is 0.497 e. The third-order valence-electron chi connectivity index (χ3n) is 2.63. The molecule has 1 aromatic carbocycles. The molecular weight excluding hydrogens is 423 g/mol. The number of rotatable bonds is 6. The lowest BCUT2D eigenvalue weighted by atomic mass is 10.2. The zero-order chi connectivity index (χ0) is 17.3. The lowest BCUT2D eigenvalue weighted by Crippen LogP contribution is -2.33. The van der Waals surface area contributed by atoms with E-state index in [1.807, 2.05) is 45.0 Å². The molecule has 4 N–H and O–H groups in total. The molecular formula is C16H27IN4O3. The van der Waals surface area contributed by atoms with Gasteiger partial charge in [-0.25, -0.2) is 4.79 Å². The molecule has 0 radical (unpaired) electrons. The van der Waals surface area contributed by atoms with Gasteiger partial charge in [-0.1, -0.05) is 6.07 Å². The van der Waals surface area contributed by atoms with E-state index in [1.54, 1.807) is 7.11 Å². The van der Waals surface area contributed by atoms with Crippen LogP contribution >= 0.6 is 24.0 Å². The summed E-state index contributed by atoms with van der Waals surface area (Å²) in [6.45, 7) is 6.44. The Labute approximate surface area is 160 Å². The number of hydrogen-bond acceptors (Lipinski definition) is 4. The predicted octanol–water partition coefficient (Wildman–Crippen LogP) is 2.95. The molecule has 0 spiro atoms. The molecule has 0 aliphatic carbocycles. The number of carbonyl (C=O) groups is 1. The highest BCUT2D eigenvalue weighted by Crippen LogP contribution is 2.16. The highest BCUT2D eigenvalue weighted by Gasteiger charge is 2.15. The molecule has 0 saturated carbocycles. The van der Waals surface area contributed by atoms with Gasteiger partial charge in [0.25, 0.3) is 0 Å². The van der Waals surface area contributed by atoms with Crippen molar-refractivity contribution in [1.82, 2.24) is 5.32 Å². The summed E-state index contributed by atoms with van der Waals surface area (Å²) in [5, 5.41) is 5.65. The molecule has 0 atom stereocenters. The number of alkyl carbamates (subject to hydrolysis) is 1. The Bertz CT molecular complexity index is 544. The molecule has 24 heavy (non-hydrogen) atoms. The van der Waals surface area contributed by atoms with Crippen LogP contribution in [-0.4, -0.2) is 37.9 Å². The Morgan fingerprint density at radius 1 is 1.33 bits per heavy atom. The number of aliphatic imine (C=N–C) groups is 1. The summed E-state index contributed by atoms with van der Waals surface area (Å²) in [5.41, 5.74) is 6.12. The normalized spacial score (nSPS) is 11.2. The van der Waals surface area contributed by atoms with Crippen LogP contribution in [0.15, 0.2) is 29.3 Å². The summed E-state index contributed by atoms with van der Waals surface area (Å²) in [6, 6.07) is 7.40. The third kappa shape index (κ3) is 10.1. The van der Waals surface area contributed by atoms with E-state index in [1.165, 1.54) is 0 Å². The number of amides is 1. The number of ether oxygens (including phenoxy) is 2. The summed E-state index contributed by atoms with van der Waals surface area (Å²) < 4.78 is 10.3. The van der Waals surface area contributed by atoms with E-state index in [-0.39, 0.29) is 24.0 Å². The smallest absolute Gasteiger partial charge is 0.407 e. The van der Waals surface area contributed by atoms with Crippen LogP contribution in [-0.2, 0) is 4.74 Å². The molecule has 0 aliphatic rings. The lowest BCUT2D eigenvalue weighted by Gasteiger charge is -2.19. The summed E-state index contributed by atoms with van der Waals surface area (Å²) >= 11 is 0. The van der Waals surface area contributed by atoms with Gasteiger partial charge in [0.05, 0.1) is 7.11 Å². The van der Waals surface area contributed by atoms with Gasteiger partial charge < -0.3 is 25.8 Å². The average Bonchev–Trinajstić information content (AvgIpc) is 2.45. The maximum absolute atomic E-state index is 11.4. The van der Waals surface area contributed by atoms with E-state index < -0.39 is 11.7 Å². The van der Waals surface area contributed by atoms with Crippen molar-refractivity contribution in [2.24, 2.45) is 10.7 Å². The highest BCUT2D eigenvalue weighted by atomic mass is 127. The highest BCUT2D eigenvalue weighted by molar-refractivity contribution is 14.0. The van der Waals surface area contributed by atoms with Crippen molar-refractivity contribution in [2.75, 3.05) is 25.5 Å². The Kier molecular flexibility index (Phi) is 10.2. The number of guanidine groups is 1. The van der Waals surface area contributed by atoms with Gasteiger partial charge in [0, 0.05) is 24.8 Å². The first-order valence-electron chi connectivity index (χ1n) is 7.48. The van der Waals surface area contributed by atoms with Crippen LogP contribution in [0.25, 0.3) is 0 Å². The van der Waals surface area contributed by atoms with Gasteiger partial charge in [0.15, 0.2) is 5.96 Å². The minimum Gasteiger partial charge on any atom is -0.497 e. The number of carbonyl (C=O) groups excluding carboxylic acids is 1. The van der Waals surface area contributed by atoms with Crippen LogP contribution in [0.5, 0.6) is 5.75 Å². The number of nitrogens with zero attached hydrogens (tertiary/aromatic N) is 1. The van der Waals surface area contributed by atoms with Crippen molar-refractivity contribution < 1.29 is 14.3 Å². The first-order chi connectivity index (χ1) is 10.8. The van der Waals surface area contributed by atoms with Gasteiger partial charge in [-0.2, -0.15) is 0 Å². The standard InChI is InChI=1S/C16H26N4O3.HI/c1-16(2,3)23-15(21)19-10-6-9-18-14(17)20-12-7-5-8-13(11-12)22-4;/h5,7-8,11H,6,9-10H2,1-4H3,(H,19,21)(H3,17,18,20);1H. The molecule has 1 amide bonds. The third-order valence-corrected chi connectivity index (χ3v) is 2.63. The van der Waals surface area contributed by atoms with E-state index in [0.29, 0.717) is 25.5 Å². The summed E-state index contributed by atoms with van der Waals surface area (Å²) in [7, 11) is 1.61. The summed E-state index contributed by atoms with van der Waals surface area (Å²) in [6.07, 6.45) is 0.240. The van der Waals surface area contributed by atoms with Crippen molar-refractivity contribution in [3.8, 4) is 5.75 Å². The van der Waals surface area contributed by atoms with Crippen LogP contribution in [0.2, 0.25) is 0 Å². The van der Waals surface area contributed by atoms with Crippen molar-refractivity contribution in [2.45, 2.75) is 32.8 Å². The zero-order valence-electron chi connectivity index (χ0n) is 14.6. The minimum absolute atomic E-state index is 0. The molecule has 0 unspecified atom stereocenters. The average molecular weight is 450 g/mol. The molecule has 0 heterocycles. The molecule has 7 nitrogen and oxygen atoms in total. The zero-order valence-corrected chi connectivity index (χ0v) is 16.9. The second-order valence-corrected chi connectivity index (χ2v) is 5.91. The molecule has 0 aliphatic heterocycles. The van der Waals surface area contributed by atoms with E-state index >= 15 is 0 Å². The Morgan fingerprint density at radius 2 is 2.04 bits per heavy atom. The number of benzene rings is 1. The first kappa shape index (κ1) is 22.3. The SMILES string of the molecule is COc1cccc(NC(N)=NCCCNC(=O)OC(C)(C)C)c1.I. The molecule has 1 rings (SSSR count). The van der Waals surface area contributed by atoms with Crippen LogP contribution in [0.3, 0.4) is 0 Å². The Balaban J connectivity index is 0.00000529. The minimum atomic E-state index is -0.493. The maximum atomic E-state index is 11.4. The van der Waals surface area contributed by atoms with Crippen molar-refractivity contribution in [3.05, 3.63) is 24.3 Å². The topological polar surface area (TPSA) is 98.0 Å². The van der Waals surface area contributed by atoms with Gasteiger partial charge in [-0.3, -0.25) is 4.99 Å². The van der Waals surface area contributed by atoms with Gasteiger partial charge in [0.1, 0.15) is 11.4 Å². The maximum Gasteiger partial charge on any atom is 0.407 e. The number of halogens is 1. The fraction of sp³-hybridized carbons (Fsp3) is 0.500. The van der Waals surface area contributed by atoms with Crippen LogP contribution < -0.4 is 21.1 Å². The van der Waals surface area contributed by atoms with Gasteiger partial charge in [-0.15, -0.1) is 24.0 Å². The van der Waals surface area contributed by atoms with Crippen LogP contribution in [0.4, 0.5) is 10.5 Å².